The van der Waals surface area contributed by atoms with Crippen LogP contribution in [0.2, 0.25) is 5.02 Å². The minimum atomic E-state index is -0.335. The number of rotatable bonds is 11. The Bertz CT molecular complexity index is 1060. The van der Waals surface area contributed by atoms with Crippen molar-refractivity contribution in [2.75, 3.05) is 12.4 Å². The predicted octanol–water partition coefficient (Wildman–Crippen LogP) is 5.93. The fraction of sp³-hybridized carbons (Fsp3) is 0.261. The second-order valence-corrected chi connectivity index (χ2v) is 9.38. The van der Waals surface area contributed by atoms with Crippen molar-refractivity contribution in [3.05, 3.63) is 72.0 Å². The average molecular weight is 489 g/mol. The number of anilines is 1. The van der Waals surface area contributed by atoms with E-state index < -0.39 is 0 Å². The molecule has 168 valence electrons. The largest absolute Gasteiger partial charge is 0.495 e. The molecule has 1 aromatic heterocycles. The molecular formula is C23H25ClN4O2S2. The highest BCUT2D eigenvalue weighted by atomic mass is 35.5. The smallest absolute Gasteiger partial charge is 0.237 e. The quantitative estimate of drug-likeness (QED) is 0.266. The number of hydrogen-bond donors (Lipinski definition) is 1. The lowest BCUT2D eigenvalue weighted by molar-refractivity contribution is -0.115. The Morgan fingerprint density at radius 1 is 1.28 bits per heavy atom. The van der Waals surface area contributed by atoms with Gasteiger partial charge < -0.3 is 14.6 Å². The third kappa shape index (κ3) is 6.31. The molecule has 0 saturated heterocycles. The fourth-order valence-corrected chi connectivity index (χ4v) is 5.01. The van der Waals surface area contributed by atoms with E-state index in [2.05, 4.69) is 34.2 Å². The number of nitrogens with zero attached hydrogens (tertiary/aromatic N) is 3. The summed E-state index contributed by atoms with van der Waals surface area (Å²) in [5.74, 6) is 1.97. The molecule has 1 amide bonds. The Balaban J connectivity index is 1.70. The van der Waals surface area contributed by atoms with Crippen molar-refractivity contribution >= 4 is 46.7 Å². The molecule has 0 fully saturated rings. The molecule has 0 radical (unpaired) electrons. The number of ether oxygens (including phenoxy) is 1. The van der Waals surface area contributed by atoms with Gasteiger partial charge in [-0.2, -0.15) is 0 Å². The summed E-state index contributed by atoms with van der Waals surface area (Å²) < 4.78 is 7.17. The van der Waals surface area contributed by atoms with E-state index in [-0.39, 0.29) is 11.2 Å². The number of thioether (sulfide) groups is 2. The topological polar surface area (TPSA) is 69.0 Å². The number of nitrogens with one attached hydrogen (secondary N) is 1. The number of aromatic nitrogens is 3. The lowest BCUT2D eigenvalue weighted by Crippen LogP contribution is -2.25. The van der Waals surface area contributed by atoms with Gasteiger partial charge in [0.1, 0.15) is 11.6 Å². The molecule has 1 atom stereocenters. The molecule has 0 bridgehead atoms. The van der Waals surface area contributed by atoms with Crippen LogP contribution in [0.4, 0.5) is 5.69 Å². The molecule has 0 aliphatic carbocycles. The van der Waals surface area contributed by atoms with E-state index in [0.29, 0.717) is 40.3 Å². The maximum absolute atomic E-state index is 12.9. The van der Waals surface area contributed by atoms with E-state index in [4.69, 9.17) is 16.3 Å². The van der Waals surface area contributed by atoms with Crippen molar-refractivity contribution in [1.82, 2.24) is 14.8 Å². The van der Waals surface area contributed by atoms with Gasteiger partial charge in [0.25, 0.3) is 0 Å². The van der Waals surface area contributed by atoms with Crippen molar-refractivity contribution < 1.29 is 9.53 Å². The zero-order valence-corrected chi connectivity index (χ0v) is 20.3. The molecule has 9 heteroatoms. The summed E-state index contributed by atoms with van der Waals surface area (Å²) in [6.07, 6.45) is 2.44. The van der Waals surface area contributed by atoms with Crippen LogP contribution < -0.4 is 10.1 Å². The Hall–Kier alpha value is -2.42. The molecule has 1 N–H and O–H groups in total. The number of hydrogen-bond acceptors (Lipinski definition) is 6. The van der Waals surface area contributed by atoms with Crippen molar-refractivity contribution in [1.29, 1.82) is 0 Å². The summed E-state index contributed by atoms with van der Waals surface area (Å²) in [6.45, 7) is 6.40. The van der Waals surface area contributed by atoms with Gasteiger partial charge in [0.2, 0.25) is 5.91 Å². The summed E-state index contributed by atoms with van der Waals surface area (Å²) >= 11 is 9.27. The number of amides is 1. The second kappa shape index (κ2) is 12.0. The van der Waals surface area contributed by atoms with Crippen LogP contribution in [0.1, 0.15) is 19.2 Å². The number of allylic oxidation sites excluding steroid dienone is 1. The third-order valence-electron chi connectivity index (χ3n) is 4.55. The molecule has 1 heterocycles. The molecule has 6 nitrogen and oxygen atoms in total. The van der Waals surface area contributed by atoms with Crippen LogP contribution in [0.25, 0.3) is 0 Å². The van der Waals surface area contributed by atoms with Crippen LogP contribution in [-0.2, 0) is 17.1 Å². The van der Waals surface area contributed by atoms with E-state index in [1.807, 2.05) is 35.8 Å². The first kappa shape index (κ1) is 24.2. The monoisotopic (exact) mass is 488 g/mol. The van der Waals surface area contributed by atoms with Crippen molar-refractivity contribution in [3.63, 3.8) is 0 Å². The Morgan fingerprint density at radius 3 is 2.72 bits per heavy atom. The highest BCUT2D eigenvalue weighted by molar-refractivity contribution is 8.00. The van der Waals surface area contributed by atoms with Gasteiger partial charge in [0.15, 0.2) is 5.16 Å². The van der Waals surface area contributed by atoms with Gasteiger partial charge in [-0.15, -0.1) is 28.5 Å². The average Bonchev–Trinajstić information content (AvgIpc) is 3.18. The van der Waals surface area contributed by atoms with Gasteiger partial charge in [0, 0.05) is 17.1 Å². The molecule has 0 aliphatic rings. The zero-order chi connectivity index (χ0) is 22.9. The number of halogens is 1. The summed E-state index contributed by atoms with van der Waals surface area (Å²) in [4.78, 5) is 14.1. The van der Waals surface area contributed by atoms with E-state index >= 15 is 0 Å². The first-order chi connectivity index (χ1) is 15.5. The maximum Gasteiger partial charge on any atom is 0.237 e. The number of methoxy groups -OCH3 is 1. The molecule has 0 aliphatic heterocycles. The van der Waals surface area contributed by atoms with Gasteiger partial charge in [-0.05, 0) is 36.8 Å². The van der Waals surface area contributed by atoms with Crippen molar-refractivity contribution in [2.24, 2.45) is 0 Å². The van der Waals surface area contributed by atoms with Crippen LogP contribution in [0.3, 0.4) is 0 Å². The molecule has 1 unspecified atom stereocenters. The Kier molecular flexibility index (Phi) is 9.08. The van der Waals surface area contributed by atoms with Crippen LogP contribution in [0, 0.1) is 0 Å². The molecule has 3 aromatic rings. The minimum absolute atomic E-state index is 0.118. The first-order valence-corrected chi connectivity index (χ1v) is 12.3. The lowest BCUT2D eigenvalue weighted by Gasteiger charge is -2.15. The maximum atomic E-state index is 12.9. The number of carbonyl (C=O) groups is 1. The fourth-order valence-electron chi connectivity index (χ4n) is 2.91. The molecule has 32 heavy (non-hydrogen) atoms. The van der Waals surface area contributed by atoms with Gasteiger partial charge in [-0.3, -0.25) is 4.79 Å². The third-order valence-corrected chi connectivity index (χ3v) is 7.19. The molecule has 2 aromatic carbocycles. The summed E-state index contributed by atoms with van der Waals surface area (Å²) in [7, 11) is 1.55. The lowest BCUT2D eigenvalue weighted by atomic mass is 10.2. The van der Waals surface area contributed by atoms with Gasteiger partial charge in [-0.1, -0.05) is 54.6 Å². The molecule has 3 rings (SSSR count). The highest BCUT2D eigenvalue weighted by Gasteiger charge is 2.23. The first-order valence-electron chi connectivity index (χ1n) is 10.1. The van der Waals surface area contributed by atoms with E-state index in [1.54, 1.807) is 37.1 Å². The summed E-state index contributed by atoms with van der Waals surface area (Å²) in [5, 5.41) is 12.5. The normalized spacial score (nSPS) is 11.7. The SMILES string of the molecule is C=CCn1c(CSc2ccccc2)nnc1SC(CC)C(=O)Nc1ccc(OC)c(Cl)c1. The van der Waals surface area contributed by atoms with E-state index in [1.165, 1.54) is 16.7 Å². The van der Waals surface area contributed by atoms with Crippen LogP contribution in [-0.4, -0.2) is 33.0 Å². The van der Waals surface area contributed by atoms with Gasteiger partial charge >= 0.3 is 0 Å². The zero-order valence-electron chi connectivity index (χ0n) is 18.0. The van der Waals surface area contributed by atoms with Gasteiger partial charge in [0.05, 0.1) is 23.1 Å². The number of benzene rings is 2. The summed E-state index contributed by atoms with van der Waals surface area (Å²) in [6, 6.07) is 15.3. The molecule has 0 saturated carbocycles. The Morgan fingerprint density at radius 2 is 2.06 bits per heavy atom. The molecule has 0 spiro atoms. The Labute approximate surface area is 201 Å². The minimum Gasteiger partial charge on any atom is -0.495 e. The van der Waals surface area contributed by atoms with Crippen molar-refractivity contribution in [2.45, 2.75) is 40.9 Å². The van der Waals surface area contributed by atoms with Crippen LogP contribution >= 0.6 is 35.1 Å². The van der Waals surface area contributed by atoms with Crippen molar-refractivity contribution in [3.8, 4) is 5.75 Å². The van der Waals surface area contributed by atoms with Gasteiger partial charge in [-0.25, -0.2) is 0 Å². The van der Waals surface area contributed by atoms with Crippen LogP contribution in [0.15, 0.2) is 71.2 Å². The molecular weight excluding hydrogens is 464 g/mol. The summed E-state index contributed by atoms with van der Waals surface area (Å²) in [5.41, 5.74) is 0.618. The standard InChI is InChI=1S/C23H25ClN4O2S2/c1-4-13-28-21(15-31-17-9-7-6-8-10-17)26-27-23(28)32-20(5-2)22(29)25-16-11-12-19(30-3)18(24)14-16/h4,6-12,14,20H,1,5,13,15H2,2-3H3,(H,25,29). The van der Waals surface area contributed by atoms with E-state index in [0.717, 1.165) is 5.82 Å². The second-order valence-electron chi connectivity index (χ2n) is 6.75. The van der Waals surface area contributed by atoms with Crippen LogP contribution in [0.5, 0.6) is 5.75 Å². The highest BCUT2D eigenvalue weighted by Crippen LogP contribution is 2.30. The number of carbonyl (C=O) groups excluding carboxylic acids is 1. The predicted molar refractivity (Wildman–Crippen MR) is 133 cm³/mol. The van der Waals surface area contributed by atoms with E-state index in [9.17, 15) is 4.79 Å².